The fourth-order valence-electron chi connectivity index (χ4n) is 1.35. The van der Waals surface area contributed by atoms with Gasteiger partial charge in [0.25, 0.3) is 0 Å². The molecule has 1 aromatic carbocycles. The van der Waals surface area contributed by atoms with Gasteiger partial charge in [-0.15, -0.1) is 0 Å². The van der Waals surface area contributed by atoms with Crippen LogP contribution in [0.5, 0.6) is 5.75 Å². The SMILES string of the molecule is CCCOc1ccc(NC(C)C(C)C)cc1Cl. The van der Waals surface area contributed by atoms with Crippen LogP contribution in [-0.4, -0.2) is 12.6 Å². The van der Waals surface area contributed by atoms with Crippen molar-refractivity contribution in [3.05, 3.63) is 23.2 Å². The first kappa shape index (κ1) is 14.2. The molecule has 0 heterocycles. The molecule has 0 aliphatic heterocycles. The van der Waals surface area contributed by atoms with E-state index in [1.54, 1.807) is 0 Å². The van der Waals surface area contributed by atoms with E-state index in [-0.39, 0.29) is 0 Å². The summed E-state index contributed by atoms with van der Waals surface area (Å²) in [5, 5.41) is 4.09. The first-order valence-corrected chi connectivity index (χ1v) is 6.61. The zero-order valence-corrected chi connectivity index (χ0v) is 11.8. The highest BCUT2D eigenvalue weighted by atomic mass is 35.5. The van der Waals surface area contributed by atoms with Crippen molar-refractivity contribution in [2.75, 3.05) is 11.9 Å². The van der Waals surface area contributed by atoms with Gasteiger partial charge in [-0.2, -0.15) is 0 Å². The van der Waals surface area contributed by atoms with Gasteiger partial charge >= 0.3 is 0 Å². The summed E-state index contributed by atoms with van der Waals surface area (Å²) in [6.07, 6.45) is 0.987. The zero-order valence-electron chi connectivity index (χ0n) is 11.1. The Kier molecular flexibility index (Phi) is 5.63. The third kappa shape index (κ3) is 4.47. The van der Waals surface area contributed by atoms with Crippen molar-refractivity contribution in [3.8, 4) is 5.75 Å². The highest BCUT2D eigenvalue weighted by Gasteiger charge is 2.08. The van der Waals surface area contributed by atoms with Gasteiger partial charge in [-0.3, -0.25) is 0 Å². The fraction of sp³-hybridized carbons (Fsp3) is 0.571. The number of halogens is 1. The van der Waals surface area contributed by atoms with Crippen LogP contribution in [-0.2, 0) is 0 Å². The molecule has 3 heteroatoms. The molecule has 0 fully saturated rings. The highest BCUT2D eigenvalue weighted by Crippen LogP contribution is 2.28. The molecule has 0 aliphatic rings. The van der Waals surface area contributed by atoms with E-state index in [9.17, 15) is 0 Å². The quantitative estimate of drug-likeness (QED) is 0.803. The third-order valence-electron chi connectivity index (χ3n) is 2.79. The largest absolute Gasteiger partial charge is 0.492 e. The Morgan fingerprint density at radius 3 is 2.53 bits per heavy atom. The molecule has 1 unspecified atom stereocenters. The summed E-state index contributed by atoms with van der Waals surface area (Å²) < 4.78 is 5.53. The molecule has 1 aromatic rings. The molecule has 0 aliphatic carbocycles. The Bertz CT molecular complexity index is 352. The maximum Gasteiger partial charge on any atom is 0.138 e. The van der Waals surface area contributed by atoms with E-state index in [1.807, 2.05) is 18.2 Å². The molecule has 2 nitrogen and oxygen atoms in total. The molecule has 0 bridgehead atoms. The van der Waals surface area contributed by atoms with E-state index in [0.29, 0.717) is 23.6 Å². The molecule has 17 heavy (non-hydrogen) atoms. The van der Waals surface area contributed by atoms with Crippen molar-refractivity contribution in [1.82, 2.24) is 0 Å². The van der Waals surface area contributed by atoms with Crippen molar-refractivity contribution < 1.29 is 4.74 Å². The van der Waals surface area contributed by atoms with E-state index < -0.39 is 0 Å². The molecule has 0 saturated carbocycles. The summed E-state index contributed by atoms with van der Waals surface area (Å²) in [4.78, 5) is 0. The molecule has 0 radical (unpaired) electrons. The molecule has 1 N–H and O–H groups in total. The normalized spacial score (nSPS) is 12.6. The number of anilines is 1. The number of rotatable bonds is 6. The standard InChI is InChI=1S/C14H22ClNO/c1-5-8-17-14-7-6-12(9-13(14)15)16-11(4)10(2)3/h6-7,9-11,16H,5,8H2,1-4H3. The predicted octanol–water partition coefficient (Wildman–Crippen LogP) is 4.59. The van der Waals surface area contributed by atoms with Gasteiger partial charge in [0.2, 0.25) is 0 Å². The van der Waals surface area contributed by atoms with Crippen LogP contribution in [0.25, 0.3) is 0 Å². The van der Waals surface area contributed by atoms with Crippen molar-refractivity contribution in [1.29, 1.82) is 0 Å². The van der Waals surface area contributed by atoms with Gasteiger partial charge in [-0.1, -0.05) is 32.4 Å². The molecule has 96 valence electrons. The summed E-state index contributed by atoms with van der Waals surface area (Å²) in [5.41, 5.74) is 1.04. The summed E-state index contributed by atoms with van der Waals surface area (Å²) in [6, 6.07) is 6.28. The smallest absolute Gasteiger partial charge is 0.138 e. The van der Waals surface area contributed by atoms with Crippen molar-refractivity contribution in [3.63, 3.8) is 0 Å². The third-order valence-corrected chi connectivity index (χ3v) is 3.08. The van der Waals surface area contributed by atoms with Crippen LogP contribution >= 0.6 is 11.6 Å². The number of ether oxygens (including phenoxy) is 1. The van der Waals surface area contributed by atoms with Crippen molar-refractivity contribution >= 4 is 17.3 Å². The van der Waals surface area contributed by atoms with E-state index in [1.165, 1.54) is 0 Å². The lowest BCUT2D eigenvalue weighted by molar-refractivity contribution is 0.317. The van der Waals surface area contributed by atoms with E-state index >= 15 is 0 Å². The van der Waals surface area contributed by atoms with Gasteiger partial charge in [0.1, 0.15) is 5.75 Å². The summed E-state index contributed by atoms with van der Waals surface area (Å²) in [6.45, 7) is 9.33. The Morgan fingerprint density at radius 2 is 2.00 bits per heavy atom. The Hall–Kier alpha value is -0.890. The minimum atomic E-state index is 0.425. The molecule has 1 rings (SSSR count). The number of nitrogens with one attached hydrogen (secondary N) is 1. The Morgan fingerprint density at radius 1 is 1.29 bits per heavy atom. The van der Waals surface area contributed by atoms with Crippen LogP contribution in [0.4, 0.5) is 5.69 Å². The lowest BCUT2D eigenvalue weighted by atomic mass is 10.1. The monoisotopic (exact) mass is 255 g/mol. The lowest BCUT2D eigenvalue weighted by Gasteiger charge is -2.19. The highest BCUT2D eigenvalue weighted by molar-refractivity contribution is 6.32. The number of hydrogen-bond donors (Lipinski definition) is 1. The van der Waals surface area contributed by atoms with Gasteiger partial charge in [0.05, 0.1) is 11.6 Å². The van der Waals surface area contributed by atoms with Gasteiger partial charge in [0.15, 0.2) is 0 Å². The molecule has 0 spiro atoms. The maximum atomic E-state index is 6.16. The summed E-state index contributed by atoms with van der Waals surface area (Å²) in [5.74, 6) is 1.35. The topological polar surface area (TPSA) is 21.3 Å². The van der Waals surface area contributed by atoms with Gasteiger partial charge in [-0.25, -0.2) is 0 Å². The first-order valence-electron chi connectivity index (χ1n) is 6.23. The molecule has 0 aromatic heterocycles. The van der Waals surface area contributed by atoms with Crippen molar-refractivity contribution in [2.24, 2.45) is 5.92 Å². The second kappa shape index (κ2) is 6.75. The first-order chi connectivity index (χ1) is 8.04. The number of hydrogen-bond acceptors (Lipinski definition) is 2. The van der Waals surface area contributed by atoms with E-state index in [0.717, 1.165) is 17.9 Å². The molecule has 0 saturated heterocycles. The van der Waals surface area contributed by atoms with Crippen LogP contribution in [0.15, 0.2) is 18.2 Å². The predicted molar refractivity (Wildman–Crippen MR) is 75.2 cm³/mol. The summed E-state index contributed by atoms with van der Waals surface area (Å²) >= 11 is 6.16. The Labute approximate surface area is 109 Å². The van der Waals surface area contributed by atoms with Crippen LogP contribution in [0, 0.1) is 5.92 Å². The van der Waals surface area contributed by atoms with Gasteiger partial charge in [-0.05, 0) is 37.5 Å². The second-order valence-electron chi connectivity index (χ2n) is 4.67. The molecule has 1 atom stereocenters. The zero-order chi connectivity index (χ0) is 12.8. The van der Waals surface area contributed by atoms with Crippen LogP contribution < -0.4 is 10.1 Å². The van der Waals surface area contributed by atoms with Crippen LogP contribution in [0.1, 0.15) is 34.1 Å². The van der Waals surface area contributed by atoms with Crippen molar-refractivity contribution in [2.45, 2.75) is 40.2 Å². The molecular weight excluding hydrogens is 234 g/mol. The fourth-order valence-corrected chi connectivity index (χ4v) is 1.58. The van der Waals surface area contributed by atoms with Crippen LogP contribution in [0.3, 0.4) is 0 Å². The molecule has 0 amide bonds. The van der Waals surface area contributed by atoms with Crippen LogP contribution in [0.2, 0.25) is 5.02 Å². The average Bonchev–Trinajstić information content (AvgIpc) is 2.28. The van der Waals surface area contributed by atoms with Gasteiger partial charge < -0.3 is 10.1 Å². The second-order valence-corrected chi connectivity index (χ2v) is 5.08. The summed E-state index contributed by atoms with van der Waals surface area (Å²) in [7, 11) is 0. The Balaban J connectivity index is 2.68. The lowest BCUT2D eigenvalue weighted by Crippen LogP contribution is -2.21. The van der Waals surface area contributed by atoms with E-state index in [2.05, 4.69) is 33.0 Å². The maximum absolute atomic E-state index is 6.16. The minimum absolute atomic E-state index is 0.425. The number of benzene rings is 1. The molecular formula is C14H22ClNO. The minimum Gasteiger partial charge on any atom is -0.492 e. The van der Waals surface area contributed by atoms with E-state index in [4.69, 9.17) is 16.3 Å². The average molecular weight is 256 g/mol. The van der Waals surface area contributed by atoms with Gasteiger partial charge in [0, 0.05) is 11.7 Å².